The smallest absolute Gasteiger partial charge is 0.239 e. The van der Waals surface area contributed by atoms with Gasteiger partial charge in [0.2, 0.25) is 11.8 Å². The van der Waals surface area contributed by atoms with Crippen molar-refractivity contribution in [3.63, 3.8) is 0 Å². The topological polar surface area (TPSA) is 67.4 Å². The van der Waals surface area contributed by atoms with Crippen LogP contribution in [0.3, 0.4) is 0 Å². The monoisotopic (exact) mass is 318 g/mol. The molecule has 0 radical (unpaired) electrons. The summed E-state index contributed by atoms with van der Waals surface area (Å²) in [7, 11) is 0. The summed E-state index contributed by atoms with van der Waals surface area (Å²) in [5.74, 6) is -0.591. The van der Waals surface area contributed by atoms with Crippen molar-refractivity contribution in [1.29, 1.82) is 0 Å². The average Bonchev–Trinajstić information content (AvgIpc) is 3.02. The predicted molar refractivity (Wildman–Crippen MR) is 90.3 cm³/mol. The van der Waals surface area contributed by atoms with E-state index in [-0.39, 0.29) is 17.9 Å². The van der Waals surface area contributed by atoms with Crippen LogP contribution in [0.1, 0.15) is 37.8 Å². The fourth-order valence-corrected chi connectivity index (χ4v) is 2.50. The number of aryl methyl sites for hydroxylation is 1. The number of benzene rings is 1. The van der Waals surface area contributed by atoms with Gasteiger partial charge < -0.3 is 15.4 Å². The molecule has 23 heavy (non-hydrogen) atoms. The lowest BCUT2D eigenvalue weighted by molar-refractivity contribution is -0.138. The van der Waals surface area contributed by atoms with E-state index < -0.39 is 5.41 Å². The molecule has 1 fully saturated rings. The Balaban J connectivity index is 1.98. The molecule has 1 aromatic carbocycles. The molecule has 1 aliphatic rings. The quantitative estimate of drug-likeness (QED) is 0.820. The molecule has 2 N–H and O–H groups in total. The Morgan fingerprint density at radius 1 is 1.26 bits per heavy atom. The fraction of sp³-hybridized carbons (Fsp3) is 0.556. The van der Waals surface area contributed by atoms with Crippen LogP contribution in [0.2, 0.25) is 0 Å². The normalized spacial score (nSPS) is 17.8. The van der Waals surface area contributed by atoms with Gasteiger partial charge in [0.05, 0.1) is 6.10 Å². The van der Waals surface area contributed by atoms with Gasteiger partial charge in [0, 0.05) is 18.8 Å². The van der Waals surface area contributed by atoms with Gasteiger partial charge >= 0.3 is 0 Å². The molecule has 1 atom stereocenters. The maximum absolute atomic E-state index is 12.5. The molecule has 0 aromatic heterocycles. The molecule has 5 heteroatoms. The van der Waals surface area contributed by atoms with Crippen LogP contribution in [-0.4, -0.2) is 31.1 Å². The molecule has 1 heterocycles. The minimum absolute atomic E-state index is 0.0665. The Labute approximate surface area is 137 Å². The number of carbonyl (C=O) groups excluding carboxylic acids is 2. The van der Waals surface area contributed by atoms with Gasteiger partial charge in [0.15, 0.2) is 0 Å². The Kier molecular flexibility index (Phi) is 5.42. The number of nitrogens with one attached hydrogen (secondary N) is 2. The third-order valence-corrected chi connectivity index (χ3v) is 4.50. The van der Waals surface area contributed by atoms with Crippen molar-refractivity contribution in [3.8, 4) is 0 Å². The van der Waals surface area contributed by atoms with Gasteiger partial charge in [-0.25, -0.2) is 0 Å². The Hall–Kier alpha value is -1.88. The number of ether oxygens (including phenoxy) is 1. The van der Waals surface area contributed by atoms with Gasteiger partial charge in [-0.3, -0.25) is 9.59 Å². The van der Waals surface area contributed by atoms with Crippen molar-refractivity contribution in [2.75, 3.05) is 18.5 Å². The largest absolute Gasteiger partial charge is 0.376 e. The van der Waals surface area contributed by atoms with E-state index in [1.165, 1.54) is 0 Å². The highest BCUT2D eigenvalue weighted by molar-refractivity contribution is 6.10. The van der Waals surface area contributed by atoms with E-state index >= 15 is 0 Å². The zero-order valence-corrected chi connectivity index (χ0v) is 14.4. The third kappa shape index (κ3) is 4.10. The first-order valence-corrected chi connectivity index (χ1v) is 8.10. The number of hydrogen-bond acceptors (Lipinski definition) is 3. The summed E-state index contributed by atoms with van der Waals surface area (Å²) in [5, 5.41) is 5.70. The van der Waals surface area contributed by atoms with E-state index in [0.29, 0.717) is 6.54 Å². The van der Waals surface area contributed by atoms with Gasteiger partial charge in [-0.15, -0.1) is 0 Å². The highest BCUT2D eigenvalue weighted by Crippen LogP contribution is 2.23. The van der Waals surface area contributed by atoms with Crippen molar-refractivity contribution >= 4 is 17.5 Å². The van der Waals surface area contributed by atoms with Gasteiger partial charge in [-0.2, -0.15) is 0 Å². The van der Waals surface area contributed by atoms with Crippen LogP contribution in [0, 0.1) is 19.3 Å². The maximum Gasteiger partial charge on any atom is 0.239 e. The summed E-state index contributed by atoms with van der Waals surface area (Å²) >= 11 is 0. The lowest BCUT2D eigenvalue weighted by Crippen LogP contribution is -2.47. The standard InChI is InChI=1S/C18H26N2O3/c1-12-7-5-9-15(13(12)2)20-17(22)18(3,4)16(21)19-11-14-8-6-10-23-14/h5,7,9,14H,6,8,10-11H2,1-4H3,(H,19,21)(H,20,22). The first-order chi connectivity index (χ1) is 10.8. The zero-order chi connectivity index (χ0) is 17.0. The van der Waals surface area contributed by atoms with E-state index in [1.54, 1.807) is 13.8 Å². The lowest BCUT2D eigenvalue weighted by Gasteiger charge is -2.24. The van der Waals surface area contributed by atoms with Crippen LogP contribution < -0.4 is 10.6 Å². The summed E-state index contributed by atoms with van der Waals surface area (Å²) in [5.41, 5.74) is 1.71. The first-order valence-electron chi connectivity index (χ1n) is 8.10. The Morgan fingerprint density at radius 3 is 2.65 bits per heavy atom. The minimum atomic E-state index is -1.14. The van der Waals surface area contributed by atoms with Crippen molar-refractivity contribution in [2.24, 2.45) is 5.41 Å². The number of rotatable bonds is 5. The second-order valence-corrected chi connectivity index (χ2v) is 6.67. The van der Waals surface area contributed by atoms with Crippen molar-refractivity contribution in [1.82, 2.24) is 5.32 Å². The van der Waals surface area contributed by atoms with Crippen molar-refractivity contribution < 1.29 is 14.3 Å². The second kappa shape index (κ2) is 7.13. The van der Waals surface area contributed by atoms with Crippen LogP contribution in [0.15, 0.2) is 18.2 Å². The summed E-state index contributed by atoms with van der Waals surface area (Å²) in [6, 6.07) is 5.73. The van der Waals surface area contributed by atoms with E-state index in [1.807, 2.05) is 32.0 Å². The van der Waals surface area contributed by atoms with Crippen LogP contribution >= 0.6 is 0 Å². The number of amides is 2. The van der Waals surface area contributed by atoms with Gasteiger partial charge in [0.25, 0.3) is 0 Å². The Morgan fingerprint density at radius 2 is 2.00 bits per heavy atom. The molecule has 2 amide bonds. The van der Waals surface area contributed by atoms with Crippen LogP contribution in [0.4, 0.5) is 5.69 Å². The molecule has 1 aliphatic heterocycles. The molecule has 0 aliphatic carbocycles. The van der Waals surface area contributed by atoms with E-state index in [4.69, 9.17) is 4.74 Å². The zero-order valence-electron chi connectivity index (χ0n) is 14.4. The summed E-state index contributed by atoms with van der Waals surface area (Å²) < 4.78 is 5.49. The van der Waals surface area contributed by atoms with Crippen LogP contribution in [0.25, 0.3) is 0 Å². The molecular formula is C18H26N2O3. The highest BCUT2D eigenvalue weighted by Gasteiger charge is 2.36. The number of anilines is 1. The van der Waals surface area contributed by atoms with Gasteiger partial charge in [-0.05, 0) is 57.7 Å². The summed E-state index contributed by atoms with van der Waals surface area (Å²) in [6.45, 7) is 8.42. The number of hydrogen-bond donors (Lipinski definition) is 2. The minimum Gasteiger partial charge on any atom is -0.376 e. The predicted octanol–water partition coefficient (Wildman–Crippen LogP) is 2.56. The van der Waals surface area contributed by atoms with E-state index in [0.717, 1.165) is 36.3 Å². The molecule has 1 saturated heterocycles. The highest BCUT2D eigenvalue weighted by atomic mass is 16.5. The van der Waals surface area contributed by atoms with Gasteiger partial charge in [0.1, 0.15) is 5.41 Å². The maximum atomic E-state index is 12.5. The molecular weight excluding hydrogens is 292 g/mol. The van der Waals surface area contributed by atoms with Crippen molar-refractivity contribution in [2.45, 2.75) is 46.6 Å². The molecule has 2 rings (SSSR count). The summed E-state index contributed by atoms with van der Waals surface area (Å²) in [4.78, 5) is 24.9. The van der Waals surface area contributed by atoms with Gasteiger partial charge in [-0.1, -0.05) is 12.1 Å². The number of carbonyl (C=O) groups is 2. The summed E-state index contributed by atoms with van der Waals surface area (Å²) in [6.07, 6.45) is 2.05. The third-order valence-electron chi connectivity index (χ3n) is 4.50. The SMILES string of the molecule is Cc1cccc(NC(=O)C(C)(C)C(=O)NCC2CCCO2)c1C. The fourth-order valence-electron chi connectivity index (χ4n) is 2.50. The molecule has 0 bridgehead atoms. The molecule has 5 nitrogen and oxygen atoms in total. The molecule has 1 unspecified atom stereocenters. The second-order valence-electron chi connectivity index (χ2n) is 6.67. The molecule has 0 saturated carbocycles. The van der Waals surface area contributed by atoms with E-state index in [2.05, 4.69) is 10.6 Å². The van der Waals surface area contributed by atoms with Crippen LogP contribution in [0.5, 0.6) is 0 Å². The molecule has 0 spiro atoms. The van der Waals surface area contributed by atoms with Crippen LogP contribution in [-0.2, 0) is 14.3 Å². The van der Waals surface area contributed by atoms with E-state index in [9.17, 15) is 9.59 Å². The lowest BCUT2D eigenvalue weighted by atomic mass is 9.90. The first kappa shape index (κ1) is 17.5. The molecule has 1 aromatic rings. The van der Waals surface area contributed by atoms with Crippen molar-refractivity contribution in [3.05, 3.63) is 29.3 Å². The molecule has 126 valence electrons. The average molecular weight is 318 g/mol. The Bertz CT molecular complexity index is 590.